The number of benzene rings is 3. The highest BCUT2D eigenvalue weighted by molar-refractivity contribution is 7.92. The van der Waals surface area contributed by atoms with Crippen molar-refractivity contribution in [2.24, 2.45) is 5.92 Å². The number of sulfonamides is 1. The molecule has 1 aliphatic heterocycles. The average molecular weight is 536 g/mol. The number of carbonyl (C=O) groups excluding carboxylic acids is 1. The highest BCUT2D eigenvalue weighted by Crippen LogP contribution is 2.25. The lowest BCUT2D eigenvalue weighted by Crippen LogP contribution is -2.41. The van der Waals surface area contributed by atoms with Crippen LogP contribution in [-0.2, 0) is 21.4 Å². The number of anilines is 2. The fourth-order valence-corrected chi connectivity index (χ4v) is 5.45. The van der Waals surface area contributed by atoms with Crippen LogP contribution in [0.2, 0.25) is 0 Å². The molecule has 1 heterocycles. The molecular weight excluding hydrogens is 498 g/mol. The molecular formula is C30H37N3O4S. The molecule has 1 fully saturated rings. The van der Waals surface area contributed by atoms with Gasteiger partial charge in [-0.05, 0) is 73.2 Å². The number of hydrogen-bond donors (Lipinski definition) is 1. The Balaban J connectivity index is 1.35. The zero-order chi connectivity index (χ0) is 27.1. The van der Waals surface area contributed by atoms with Crippen molar-refractivity contribution >= 4 is 27.3 Å². The molecule has 0 saturated carbocycles. The molecule has 38 heavy (non-hydrogen) atoms. The largest absolute Gasteiger partial charge is 0.489 e. The van der Waals surface area contributed by atoms with Crippen molar-refractivity contribution in [3.8, 4) is 5.75 Å². The van der Waals surface area contributed by atoms with Gasteiger partial charge in [-0.1, -0.05) is 49.4 Å². The van der Waals surface area contributed by atoms with Crippen molar-refractivity contribution in [1.29, 1.82) is 0 Å². The smallest absolute Gasteiger partial charge is 0.241 e. The summed E-state index contributed by atoms with van der Waals surface area (Å²) in [7, 11) is -3.68. The molecule has 4 rings (SSSR count). The summed E-state index contributed by atoms with van der Waals surface area (Å²) in [5, 5.41) is 2.94. The van der Waals surface area contributed by atoms with Crippen LogP contribution >= 0.6 is 0 Å². The number of piperidine rings is 1. The van der Waals surface area contributed by atoms with Crippen molar-refractivity contribution < 1.29 is 17.9 Å². The molecule has 1 aliphatic rings. The standard InChI is InChI=1S/C30H37N3O4S/c1-23-17-19-32(20-18-23)27-11-9-26(10-12-27)24(2)31-30(34)21-33(38(3,35)36)28-13-15-29(16-14-28)37-22-25-7-5-4-6-8-25/h4-16,23-24H,17-22H2,1-3H3,(H,31,34). The molecule has 7 nitrogen and oxygen atoms in total. The molecule has 0 radical (unpaired) electrons. The molecule has 0 spiro atoms. The summed E-state index contributed by atoms with van der Waals surface area (Å²) < 4.78 is 32.0. The molecule has 8 heteroatoms. The zero-order valence-electron chi connectivity index (χ0n) is 22.3. The van der Waals surface area contributed by atoms with Gasteiger partial charge in [-0.2, -0.15) is 0 Å². The van der Waals surface area contributed by atoms with Gasteiger partial charge >= 0.3 is 0 Å². The van der Waals surface area contributed by atoms with Crippen LogP contribution in [0.5, 0.6) is 5.75 Å². The first-order valence-electron chi connectivity index (χ1n) is 13.1. The molecule has 3 aromatic rings. The predicted molar refractivity (Wildman–Crippen MR) is 153 cm³/mol. The highest BCUT2D eigenvalue weighted by atomic mass is 32.2. The molecule has 0 aromatic heterocycles. The maximum Gasteiger partial charge on any atom is 0.241 e. The van der Waals surface area contributed by atoms with Crippen molar-refractivity contribution in [1.82, 2.24) is 5.32 Å². The van der Waals surface area contributed by atoms with Gasteiger partial charge in [0.2, 0.25) is 15.9 Å². The van der Waals surface area contributed by atoms with Gasteiger partial charge in [-0.15, -0.1) is 0 Å². The molecule has 1 N–H and O–H groups in total. The van der Waals surface area contributed by atoms with Crippen LogP contribution in [0.4, 0.5) is 11.4 Å². The lowest BCUT2D eigenvalue weighted by atomic mass is 9.98. The van der Waals surface area contributed by atoms with Gasteiger partial charge in [0.05, 0.1) is 18.0 Å². The number of ether oxygens (including phenoxy) is 1. The Morgan fingerprint density at radius 1 is 1.00 bits per heavy atom. The third-order valence-electron chi connectivity index (χ3n) is 6.98. The van der Waals surface area contributed by atoms with Gasteiger partial charge in [0, 0.05) is 18.8 Å². The molecule has 0 bridgehead atoms. The van der Waals surface area contributed by atoms with E-state index in [0.717, 1.165) is 40.7 Å². The van der Waals surface area contributed by atoms with E-state index in [2.05, 4.69) is 29.3 Å². The van der Waals surface area contributed by atoms with E-state index in [9.17, 15) is 13.2 Å². The molecule has 1 unspecified atom stereocenters. The second-order valence-corrected chi connectivity index (χ2v) is 12.0. The molecule has 3 aromatic carbocycles. The van der Waals surface area contributed by atoms with Crippen LogP contribution in [0.25, 0.3) is 0 Å². The van der Waals surface area contributed by atoms with Crippen LogP contribution < -0.4 is 19.3 Å². The van der Waals surface area contributed by atoms with Crippen LogP contribution in [0.15, 0.2) is 78.9 Å². The summed E-state index contributed by atoms with van der Waals surface area (Å²) >= 11 is 0. The summed E-state index contributed by atoms with van der Waals surface area (Å²) in [5.74, 6) is 1.02. The number of rotatable bonds is 10. The Hall–Kier alpha value is -3.52. The molecule has 1 saturated heterocycles. The molecule has 202 valence electrons. The van der Waals surface area contributed by atoms with Gasteiger partial charge in [0.15, 0.2) is 0 Å². The predicted octanol–water partition coefficient (Wildman–Crippen LogP) is 5.15. The quantitative estimate of drug-likeness (QED) is 0.389. The van der Waals surface area contributed by atoms with Gasteiger partial charge in [0.1, 0.15) is 18.9 Å². The van der Waals surface area contributed by atoms with Gasteiger partial charge in [-0.25, -0.2) is 8.42 Å². The molecule has 1 amide bonds. The zero-order valence-corrected chi connectivity index (χ0v) is 23.2. The topological polar surface area (TPSA) is 79.0 Å². The Morgan fingerprint density at radius 2 is 1.63 bits per heavy atom. The Kier molecular flexibility index (Phi) is 8.94. The van der Waals surface area contributed by atoms with Crippen LogP contribution in [0.1, 0.15) is 43.9 Å². The van der Waals surface area contributed by atoms with E-state index in [-0.39, 0.29) is 18.5 Å². The minimum Gasteiger partial charge on any atom is -0.489 e. The monoisotopic (exact) mass is 535 g/mol. The van der Waals surface area contributed by atoms with E-state index in [0.29, 0.717) is 18.0 Å². The normalized spacial score (nSPS) is 15.1. The summed E-state index contributed by atoms with van der Waals surface area (Å²) in [6, 6.07) is 24.5. The first kappa shape index (κ1) is 27.5. The van der Waals surface area contributed by atoms with E-state index in [1.165, 1.54) is 18.5 Å². The Bertz CT molecular complexity index is 1290. The van der Waals surface area contributed by atoms with E-state index < -0.39 is 10.0 Å². The summed E-state index contributed by atoms with van der Waals surface area (Å²) in [5.41, 5.74) is 3.61. The number of hydrogen-bond acceptors (Lipinski definition) is 5. The van der Waals surface area contributed by atoms with Crippen molar-refractivity contribution in [3.63, 3.8) is 0 Å². The number of amides is 1. The first-order chi connectivity index (χ1) is 18.2. The second-order valence-electron chi connectivity index (χ2n) is 10.1. The summed E-state index contributed by atoms with van der Waals surface area (Å²) in [6.07, 6.45) is 3.51. The fraction of sp³-hybridized carbons (Fsp3) is 0.367. The second kappa shape index (κ2) is 12.3. The third kappa shape index (κ3) is 7.51. The van der Waals surface area contributed by atoms with E-state index in [4.69, 9.17) is 4.74 Å². The molecule has 1 atom stereocenters. The molecule has 0 aliphatic carbocycles. The Morgan fingerprint density at radius 3 is 2.24 bits per heavy atom. The minimum atomic E-state index is -3.68. The Labute approximate surface area is 226 Å². The maximum absolute atomic E-state index is 12.9. The van der Waals surface area contributed by atoms with Crippen LogP contribution in [0, 0.1) is 5.92 Å². The SMILES string of the molecule is CC1CCN(c2ccc(C(C)NC(=O)CN(c3ccc(OCc4ccccc4)cc3)S(C)(=O)=O)cc2)CC1. The fourth-order valence-electron chi connectivity index (χ4n) is 4.59. The minimum absolute atomic E-state index is 0.256. The van der Waals surface area contributed by atoms with Crippen molar-refractivity contribution in [2.45, 2.75) is 39.3 Å². The number of nitrogens with one attached hydrogen (secondary N) is 1. The van der Waals surface area contributed by atoms with Gasteiger partial charge in [-0.3, -0.25) is 9.10 Å². The highest BCUT2D eigenvalue weighted by Gasteiger charge is 2.22. The average Bonchev–Trinajstić information content (AvgIpc) is 2.91. The lowest BCUT2D eigenvalue weighted by molar-refractivity contribution is -0.120. The van der Waals surface area contributed by atoms with Gasteiger partial charge in [0.25, 0.3) is 0 Å². The van der Waals surface area contributed by atoms with Crippen LogP contribution in [-0.4, -0.2) is 40.2 Å². The van der Waals surface area contributed by atoms with Gasteiger partial charge < -0.3 is 15.0 Å². The first-order valence-corrected chi connectivity index (χ1v) is 14.9. The maximum atomic E-state index is 12.9. The van der Waals surface area contributed by atoms with Crippen LogP contribution in [0.3, 0.4) is 0 Å². The summed E-state index contributed by atoms with van der Waals surface area (Å²) in [4.78, 5) is 15.3. The lowest BCUT2D eigenvalue weighted by Gasteiger charge is -2.32. The van der Waals surface area contributed by atoms with E-state index in [1.54, 1.807) is 24.3 Å². The summed E-state index contributed by atoms with van der Waals surface area (Å²) in [6.45, 7) is 6.43. The third-order valence-corrected chi connectivity index (χ3v) is 8.12. The van der Waals surface area contributed by atoms with Crippen molar-refractivity contribution in [3.05, 3.63) is 90.0 Å². The van der Waals surface area contributed by atoms with E-state index >= 15 is 0 Å². The van der Waals surface area contributed by atoms with Crippen molar-refractivity contribution in [2.75, 3.05) is 35.1 Å². The number of carbonyl (C=O) groups is 1. The number of nitrogens with zero attached hydrogens (tertiary/aromatic N) is 2. The van der Waals surface area contributed by atoms with E-state index in [1.807, 2.05) is 49.4 Å².